The summed E-state index contributed by atoms with van der Waals surface area (Å²) in [7, 11) is 0. The topological polar surface area (TPSA) is 38.0 Å². The van der Waals surface area contributed by atoms with Gasteiger partial charge in [0.25, 0.3) is 0 Å². The Morgan fingerprint density at radius 3 is 1.79 bits per heavy atom. The van der Waals surface area contributed by atoms with Gasteiger partial charge in [-0.05, 0) is 12.0 Å². The highest BCUT2D eigenvalue weighted by Gasteiger charge is 2.59. The van der Waals surface area contributed by atoms with E-state index in [9.17, 15) is 26.3 Å². The minimum atomic E-state index is -5.41. The highest BCUT2D eigenvalue weighted by atomic mass is 19.4. The number of benzene rings is 1. The summed E-state index contributed by atoms with van der Waals surface area (Å²) in [6.07, 6.45) is -11.3. The number of alkyl halides is 6. The molecule has 2 nitrogen and oxygen atoms in total. The summed E-state index contributed by atoms with van der Waals surface area (Å²) in [5.41, 5.74) is 1.96. The number of rotatable bonds is 4. The zero-order valence-corrected chi connectivity index (χ0v) is 9.59. The molecule has 0 bridgehead atoms. The van der Waals surface area contributed by atoms with Gasteiger partial charge in [0.05, 0.1) is 0 Å². The quantitative estimate of drug-likeness (QED) is 0.507. The maximum absolute atomic E-state index is 12.5. The number of halogens is 6. The van der Waals surface area contributed by atoms with Crippen molar-refractivity contribution in [2.45, 2.75) is 24.8 Å². The minimum absolute atomic E-state index is 0.337. The fourth-order valence-corrected chi connectivity index (χ4v) is 1.78. The summed E-state index contributed by atoms with van der Waals surface area (Å²) in [5.74, 6) is 1.36. The van der Waals surface area contributed by atoms with Crippen LogP contribution in [0.4, 0.5) is 26.3 Å². The molecule has 19 heavy (non-hydrogen) atoms. The van der Waals surface area contributed by atoms with Crippen LogP contribution in [0.5, 0.6) is 0 Å². The molecule has 1 atom stereocenters. The maximum atomic E-state index is 12.5. The second-order valence-corrected chi connectivity index (χ2v) is 4.02. The molecule has 0 saturated carbocycles. The van der Waals surface area contributed by atoms with Crippen LogP contribution < -0.4 is 11.3 Å². The first-order valence-corrected chi connectivity index (χ1v) is 5.29. The second-order valence-electron chi connectivity index (χ2n) is 4.02. The Labute approximate surface area is 105 Å². The second kappa shape index (κ2) is 5.79. The third-order valence-corrected chi connectivity index (χ3v) is 2.62. The van der Waals surface area contributed by atoms with Crippen LogP contribution in [-0.2, 0) is 6.42 Å². The van der Waals surface area contributed by atoms with Crippen molar-refractivity contribution in [1.82, 2.24) is 5.43 Å². The fourth-order valence-electron chi connectivity index (χ4n) is 1.78. The lowest BCUT2D eigenvalue weighted by Crippen LogP contribution is -2.54. The number of hydrazine groups is 1. The van der Waals surface area contributed by atoms with E-state index in [0.29, 0.717) is 5.56 Å². The number of hydrogen-bond acceptors (Lipinski definition) is 2. The van der Waals surface area contributed by atoms with Crippen molar-refractivity contribution in [1.29, 1.82) is 0 Å². The lowest BCUT2D eigenvalue weighted by molar-refractivity contribution is -0.291. The summed E-state index contributed by atoms with van der Waals surface area (Å²) in [6, 6.07) is 5.57. The number of nitrogens with two attached hydrogens (primary N) is 1. The first kappa shape index (κ1) is 15.8. The molecule has 1 unspecified atom stereocenters. The molecule has 1 aromatic rings. The Hall–Kier alpha value is -1.28. The van der Waals surface area contributed by atoms with Crippen LogP contribution in [0.25, 0.3) is 0 Å². The highest BCUT2D eigenvalue weighted by molar-refractivity contribution is 5.16. The Balaban J connectivity index is 2.98. The van der Waals surface area contributed by atoms with Crippen molar-refractivity contribution in [3.63, 3.8) is 0 Å². The molecule has 0 aromatic heterocycles. The van der Waals surface area contributed by atoms with Gasteiger partial charge in [0.1, 0.15) is 0 Å². The van der Waals surface area contributed by atoms with Crippen LogP contribution >= 0.6 is 0 Å². The van der Waals surface area contributed by atoms with E-state index < -0.39 is 30.7 Å². The van der Waals surface area contributed by atoms with E-state index >= 15 is 0 Å². The molecule has 0 aliphatic heterocycles. The molecule has 1 rings (SSSR count). The first-order valence-electron chi connectivity index (χ1n) is 5.29. The van der Waals surface area contributed by atoms with Crippen molar-refractivity contribution in [3.8, 4) is 0 Å². The summed E-state index contributed by atoms with van der Waals surface area (Å²) < 4.78 is 75.2. The maximum Gasteiger partial charge on any atom is 0.402 e. The monoisotopic (exact) mass is 286 g/mol. The average Bonchev–Trinajstić information content (AvgIpc) is 2.25. The largest absolute Gasteiger partial charge is 0.402 e. The van der Waals surface area contributed by atoms with E-state index in [1.165, 1.54) is 24.3 Å². The van der Waals surface area contributed by atoms with Crippen molar-refractivity contribution < 1.29 is 26.3 Å². The van der Waals surface area contributed by atoms with Gasteiger partial charge in [-0.15, -0.1) is 0 Å². The Morgan fingerprint density at radius 1 is 0.947 bits per heavy atom. The summed E-state index contributed by atoms with van der Waals surface area (Å²) in [4.78, 5) is 0. The van der Waals surface area contributed by atoms with Gasteiger partial charge in [-0.2, -0.15) is 26.3 Å². The molecule has 0 aliphatic rings. The molecule has 3 N–H and O–H groups in total. The lowest BCUT2D eigenvalue weighted by atomic mass is 9.93. The van der Waals surface area contributed by atoms with Crippen LogP contribution in [0.15, 0.2) is 30.3 Å². The summed E-state index contributed by atoms with van der Waals surface area (Å²) in [5, 5.41) is 0. The van der Waals surface area contributed by atoms with Gasteiger partial charge in [0.15, 0.2) is 5.92 Å². The van der Waals surface area contributed by atoms with Crippen LogP contribution in [0.1, 0.15) is 5.56 Å². The number of nitrogens with one attached hydrogen (secondary N) is 1. The van der Waals surface area contributed by atoms with E-state index in [1.807, 2.05) is 0 Å². The van der Waals surface area contributed by atoms with Gasteiger partial charge in [-0.1, -0.05) is 30.3 Å². The molecule has 0 saturated heterocycles. The minimum Gasteiger partial charge on any atom is -0.271 e. The van der Waals surface area contributed by atoms with Crippen molar-refractivity contribution in [2.75, 3.05) is 0 Å². The van der Waals surface area contributed by atoms with E-state index in [4.69, 9.17) is 5.84 Å². The molecule has 0 heterocycles. The molecular formula is C11H12F6N2. The Kier molecular flexibility index (Phi) is 4.81. The van der Waals surface area contributed by atoms with Gasteiger partial charge in [0.2, 0.25) is 0 Å². The molecule has 1 aromatic carbocycles. The predicted molar refractivity (Wildman–Crippen MR) is 56.9 cm³/mol. The van der Waals surface area contributed by atoms with E-state index in [0.717, 1.165) is 0 Å². The predicted octanol–water partition coefficient (Wildman–Crippen LogP) is 2.80. The van der Waals surface area contributed by atoms with Crippen LogP contribution in [0.3, 0.4) is 0 Å². The van der Waals surface area contributed by atoms with Crippen LogP contribution in [-0.4, -0.2) is 18.4 Å². The fraction of sp³-hybridized carbons (Fsp3) is 0.455. The van der Waals surface area contributed by atoms with Gasteiger partial charge in [0, 0.05) is 6.04 Å². The third-order valence-electron chi connectivity index (χ3n) is 2.62. The van der Waals surface area contributed by atoms with Crippen molar-refractivity contribution in [3.05, 3.63) is 35.9 Å². The van der Waals surface area contributed by atoms with Crippen LogP contribution in [0, 0.1) is 5.92 Å². The van der Waals surface area contributed by atoms with E-state index in [-0.39, 0.29) is 0 Å². The molecule has 8 heteroatoms. The normalized spacial score (nSPS) is 14.7. The van der Waals surface area contributed by atoms with E-state index in [2.05, 4.69) is 0 Å². The van der Waals surface area contributed by atoms with Gasteiger partial charge < -0.3 is 0 Å². The molecule has 0 fully saturated rings. The smallest absolute Gasteiger partial charge is 0.271 e. The number of hydrogen-bond donors (Lipinski definition) is 2. The molecule has 0 aliphatic carbocycles. The summed E-state index contributed by atoms with van der Waals surface area (Å²) in [6.45, 7) is 0. The third kappa shape index (κ3) is 4.39. The molecule has 108 valence electrons. The summed E-state index contributed by atoms with van der Waals surface area (Å²) >= 11 is 0. The molecule has 0 spiro atoms. The molecule has 0 amide bonds. The highest BCUT2D eigenvalue weighted by Crippen LogP contribution is 2.41. The standard InChI is InChI=1S/C11H12F6N2/c12-10(13,14)9(11(15,16)17)8(19-18)6-7-4-2-1-3-5-7/h1-5,8-9,19H,6,18H2. The van der Waals surface area contributed by atoms with Gasteiger partial charge >= 0.3 is 12.4 Å². The van der Waals surface area contributed by atoms with Gasteiger partial charge in [-0.25, -0.2) is 0 Å². The SMILES string of the molecule is NNC(Cc1ccccc1)C(C(F)(F)F)C(F)(F)F. The Morgan fingerprint density at radius 2 is 1.42 bits per heavy atom. The first-order chi connectivity index (χ1) is 8.66. The zero-order chi connectivity index (χ0) is 14.7. The Bertz CT molecular complexity index is 372. The van der Waals surface area contributed by atoms with Gasteiger partial charge in [-0.3, -0.25) is 11.3 Å². The molecular weight excluding hydrogens is 274 g/mol. The van der Waals surface area contributed by atoms with Crippen molar-refractivity contribution in [2.24, 2.45) is 11.8 Å². The van der Waals surface area contributed by atoms with Crippen LogP contribution in [0.2, 0.25) is 0 Å². The van der Waals surface area contributed by atoms with E-state index in [1.54, 1.807) is 11.5 Å². The average molecular weight is 286 g/mol. The lowest BCUT2D eigenvalue weighted by Gasteiger charge is -2.30. The molecule has 0 radical (unpaired) electrons. The zero-order valence-electron chi connectivity index (χ0n) is 9.59. The van der Waals surface area contributed by atoms with Crippen molar-refractivity contribution >= 4 is 0 Å².